The fourth-order valence-corrected chi connectivity index (χ4v) is 3.58. The molecule has 0 aromatic carbocycles. The van der Waals surface area contributed by atoms with Crippen LogP contribution in [0.3, 0.4) is 0 Å². The lowest BCUT2D eigenvalue weighted by molar-refractivity contribution is 0.0686. The van der Waals surface area contributed by atoms with E-state index in [1.54, 1.807) is 0 Å². The van der Waals surface area contributed by atoms with Gasteiger partial charge in [-0.1, -0.05) is 19.8 Å². The van der Waals surface area contributed by atoms with Gasteiger partial charge < -0.3 is 15.5 Å². The largest absolute Gasteiger partial charge is 0.328 e. The molecule has 0 bridgehead atoms. The van der Waals surface area contributed by atoms with Crippen molar-refractivity contribution in [2.24, 2.45) is 11.7 Å². The van der Waals surface area contributed by atoms with Crippen LogP contribution in [0.1, 0.15) is 45.4 Å². The van der Waals surface area contributed by atoms with Crippen molar-refractivity contribution in [1.29, 1.82) is 0 Å². The van der Waals surface area contributed by atoms with Gasteiger partial charge >= 0.3 is 6.03 Å². The first kappa shape index (κ1) is 13.7. The Morgan fingerprint density at radius 2 is 2.06 bits per heavy atom. The molecule has 0 radical (unpaired) electrons. The second-order valence-corrected chi connectivity index (χ2v) is 6.17. The standard InChI is InChI=1S/C14H27N3O/c1-12-6-5-7-14(10-12,11-15)16(2)13(18)17-8-3-4-9-17/h12H,3-11,15H2,1-2H3. The minimum absolute atomic E-state index is 0.0999. The smallest absolute Gasteiger partial charge is 0.320 e. The zero-order valence-corrected chi connectivity index (χ0v) is 11.8. The molecule has 0 spiro atoms. The molecular formula is C14H27N3O. The summed E-state index contributed by atoms with van der Waals surface area (Å²) in [6, 6.07) is 0.187. The van der Waals surface area contributed by atoms with Crippen LogP contribution in [0.4, 0.5) is 4.79 Å². The summed E-state index contributed by atoms with van der Waals surface area (Å²) in [5.74, 6) is 0.677. The minimum atomic E-state index is -0.0999. The Bertz CT molecular complexity index is 301. The molecule has 2 N–H and O–H groups in total. The number of likely N-dealkylation sites (N-methyl/N-ethyl adjacent to an activating group) is 1. The Morgan fingerprint density at radius 1 is 1.39 bits per heavy atom. The Balaban J connectivity index is 2.08. The number of nitrogens with zero attached hydrogens (tertiary/aromatic N) is 2. The van der Waals surface area contributed by atoms with Crippen LogP contribution in [0.25, 0.3) is 0 Å². The van der Waals surface area contributed by atoms with Crippen LogP contribution >= 0.6 is 0 Å². The average Bonchev–Trinajstić information content (AvgIpc) is 2.90. The summed E-state index contributed by atoms with van der Waals surface area (Å²) in [6.07, 6.45) is 6.87. The van der Waals surface area contributed by atoms with Crippen molar-refractivity contribution in [3.63, 3.8) is 0 Å². The van der Waals surface area contributed by atoms with Gasteiger partial charge in [0.05, 0.1) is 5.54 Å². The van der Waals surface area contributed by atoms with Gasteiger partial charge in [-0.05, 0) is 31.6 Å². The Hall–Kier alpha value is -0.770. The van der Waals surface area contributed by atoms with Crippen LogP contribution in [0.5, 0.6) is 0 Å². The molecule has 4 heteroatoms. The Kier molecular flexibility index (Phi) is 4.15. The van der Waals surface area contributed by atoms with Crippen molar-refractivity contribution in [1.82, 2.24) is 9.80 Å². The maximum atomic E-state index is 12.5. The summed E-state index contributed by atoms with van der Waals surface area (Å²) in [5, 5.41) is 0. The molecule has 2 unspecified atom stereocenters. The van der Waals surface area contributed by atoms with E-state index in [9.17, 15) is 4.79 Å². The van der Waals surface area contributed by atoms with Gasteiger partial charge in [0, 0.05) is 26.7 Å². The molecule has 4 nitrogen and oxygen atoms in total. The van der Waals surface area contributed by atoms with Crippen molar-refractivity contribution < 1.29 is 4.79 Å². The van der Waals surface area contributed by atoms with Gasteiger partial charge in [-0.3, -0.25) is 0 Å². The SMILES string of the molecule is CC1CCCC(CN)(N(C)C(=O)N2CCCC2)C1. The molecule has 104 valence electrons. The molecular weight excluding hydrogens is 226 g/mol. The molecule has 2 atom stereocenters. The van der Waals surface area contributed by atoms with Gasteiger partial charge in [0.1, 0.15) is 0 Å². The van der Waals surface area contributed by atoms with E-state index >= 15 is 0 Å². The van der Waals surface area contributed by atoms with Crippen molar-refractivity contribution >= 4 is 6.03 Å². The molecule has 1 aliphatic carbocycles. The van der Waals surface area contributed by atoms with Crippen LogP contribution in [0.2, 0.25) is 0 Å². The summed E-state index contributed by atoms with van der Waals surface area (Å²) in [6.45, 7) is 4.70. The summed E-state index contributed by atoms with van der Waals surface area (Å²) in [7, 11) is 1.95. The molecule has 2 aliphatic rings. The molecule has 2 amide bonds. The van der Waals surface area contributed by atoms with E-state index in [2.05, 4.69) is 6.92 Å². The fraction of sp³-hybridized carbons (Fsp3) is 0.929. The van der Waals surface area contributed by atoms with E-state index < -0.39 is 0 Å². The molecule has 1 heterocycles. The molecule has 2 fully saturated rings. The monoisotopic (exact) mass is 253 g/mol. The number of hydrogen-bond donors (Lipinski definition) is 1. The number of carbonyl (C=O) groups is 1. The minimum Gasteiger partial charge on any atom is -0.328 e. The highest BCUT2D eigenvalue weighted by molar-refractivity contribution is 5.75. The van der Waals surface area contributed by atoms with Gasteiger partial charge in [-0.15, -0.1) is 0 Å². The summed E-state index contributed by atoms with van der Waals surface area (Å²) in [5.41, 5.74) is 5.93. The van der Waals surface area contributed by atoms with Crippen LogP contribution < -0.4 is 5.73 Å². The first-order valence-corrected chi connectivity index (χ1v) is 7.32. The zero-order chi connectivity index (χ0) is 13.2. The molecule has 0 aromatic rings. The van der Waals surface area contributed by atoms with Crippen LogP contribution in [0, 0.1) is 5.92 Å². The highest BCUT2D eigenvalue weighted by Crippen LogP contribution is 2.36. The van der Waals surface area contributed by atoms with Crippen molar-refractivity contribution in [3.8, 4) is 0 Å². The third-order valence-corrected chi connectivity index (χ3v) is 4.82. The first-order valence-electron chi connectivity index (χ1n) is 7.32. The third-order valence-electron chi connectivity index (χ3n) is 4.82. The predicted octanol–water partition coefficient (Wildman–Crippen LogP) is 2.04. The summed E-state index contributed by atoms with van der Waals surface area (Å²) < 4.78 is 0. The molecule has 2 rings (SSSR count). The number of amides is 2. The molecule has 0 aromatic heterocycles. The lowest BCUT2D eigenvalue weighted by Gasteiger charge is -2.47. The van der Waals surface area contributed by atoms with E-state index in [1.807, 2.05) is 16.8 Å². The number of urea groups is 1. The van der Waals surface area contributed by atoms with Gasteiger partial charge in [-0.25, -0.2) is 4.79 Å². The van der Waals surface area contributed by atoms with Gasteiger partial charge in [0.25, 0.3) is 0 Å². The van der Waals surface area contributed by atoms with E-state index in [0.717, 1.165) is 38.8 Å². The predicted molar refractivity (Wildman–Crippen MR) is 73.4 cm³/mol. The maximum Gasteiger partial charge on any atom is 0.320 e. The number of rotatable bonds is 2. The van der Waals surface area contributed by atoms with E-state index in [0.29, 0.717) is 12.5 Å². The lowest BCUT2D eigenvalue weighted by atomic mass is 9.75. The van der Waals surface area contributed by atoms with Crippen molar-refractivity contribution in [2.45, 2.75) is 51.0 Å². The molecule has 1 saturated carbocycles. The number of carbonyl (C=O) groups excluding carboxylic acids is 1. The normalized spacial score (nSPS) is 32.6. The number of nitrogens with two attached hydrogens (primary N) is 1. The van der Waals surface area contributed by atoms with Gasteiger partial charge in [-0.2, -0.15) is 0 Å². The summed E-state index contributed by atoms with van der Waals surface area (Å²) in [4.78, 5) is 16.4. The Labute approximate surface area is 110 Å². The topological polar surface area (TPSA) is 49.6 Å². The molecule has 1 aliphatic heterocycles. The van der Waals surface area contributed by atoms with E-state index in [-0.39, 0.29) is 11.6 Å². The highest BCUT2D eigenvalue weighted by Gasteiger charge is 2.41. The first-order chi connectivity index (χ1) is 8.59. The molecule has 18 heavy (non-hydrogen) atoms. The summed E-state index contributed by atoms with van der Waals surface area (Å²) >= 11 is 0. The maximum absolute atomic E-state index is 12.5. The molecule has 1 saturated heterocycles. The van der Waals surface area contributed by atoms with Gasteiger partial charge in [0.15, 0.2) is 0 Å². The lowest BCUT2D eigenvalue weighted by Crippen LogP contribution is -2.59. The second-order valence-electron chi connectivity index (χ2n) is 6.17. The highest BCUT2D eigenvalue weighted by atomic mass is 16.2. The fourth-order valence-electron chi connectivity index (χ4n) is 3.58. The zero-order valence-electron chi connectivity index (χ0n) is 11.8. The van der Waals surface area contributed by atoms with Crippen molar-refractivity contribution in [2.75, 3.05) is 26.7 Å². The average molecular weight is 253 g/mol. The quantitative estimate of drug-likeness (QED) is 0.818. The van der Waals surface area contributed by atoms with Crippen molar-refractivity contribution in [3.05, 3.63) is 0 Å². The van der Waals surface area contributed by atoms with Crippen LogP contribution in [0.15, 0.2) is 0 Å². The van der Waals surface area contributed by atoms with Gasteiger partial charge in [0.2, 0.25) is 0 Å². The second kappa shape index (κ2) is 5.47. The third kappa shape index (κ3) is 2.48. The van der Waals surface area contributed by atoms with E-state index in [4.69, 9.17) is 5.73 Å². The number of likely N-dealkylation sites (tertiary alicyclic amines) is 1. The number of hydrogen-bond acceptors (Lipinski definition) is 2. The van der Waals surface area contributed by atoms with Crippen LogP contribution in [-0.2, 0) is 0 Å². The van der Waals surface area contributed by atoms with E-state index in [1.165, 1.54) is 12.8 Å². The van der Waals surface area contributed by atoms with Crippen LogP contribution in [-0.4, -0.2) is 48.1 Å². The Morgan fingerprint density at radius 3 is 2.61 bits per heavy atom.